The number of methoxy groups -OCH3 is 1. The van der Waals surface area contributed by atoms with Crippen molar-refractivity contribution in [1.29, 1.82) is 0 Å². The predicted octanol–water partition coefficient (Wildman–Crippen LogP) is 8.98. The van der Waals surface area contributed by atoms with Crippen molar-refractivity contribution in [3.05, 3.63) is 0 Å². The summed E-state index contributed by atoms with van der Waals surface area (Å²) >= 11 is 0. The van der Waals surface area contributed by atoms with Gasteiger partial charge < -0.3 is 4.74 Å². The maximum Gasteiger partial charge on any atom is 0.460 e. The third-order valence-electron chi connectivity index (χ3n) is 5.53. The number of carbonyl (C=O) groups is 1. The Morgan fingerprint density at radius 2 is 0.447 bits per heavy atom. The lowest BCUT2D eigenvalue weighted by Gasteiger charge is -2.46. The van der Waals surface area contributed by atoms with E-state index in [1.165, 1.54) is 0 Å². The number of hydrogen-bond acceptors (Lipinski definition) is 2. The molecule has 31 heteroatoms. The van der Waals surface area contributed by atoms with Crippen LogP contribution in [-0.4, -0.2) is 96.2 Å². The monoisotopic (exact) mass is 778 g/mol. The molecule has 0 heterocycles. The highest BCUT2D eigenvalue weighted by atomic mass is 19.4. The van der Waals surface area contributed by atoms with Gasteiger partial charge in [-0.2, -0.15) is 127 Å². The minimum atomic E-state index is -9.98. The average molecular weight is 778 g/mol. The second kappa shape index (κ2) is 10.7. The van der Waals surface area contributed by atoms with Crippen LogP contribution in [0.1, 0.15) is 0 Å². The fraction of sp³-hybridized carbons (Fsp3) is 0.938. The summed E-state index contributed by atoms with van der Waals surface area (Å²) in [6, 6.07) is 0. The highest BCUT2D eigenvalue weighted by Gasteiger charge is 3.01. The summed E-state index contributed by atoms with van der Waals surface area (Å²) in [5.74, 6) is -126. The third-order valence-corrected chi connectivity index (χ3v) is 5.53. The molecule has 0 N–H and O–H groups in total. The zero-order chi connectivity index (χ0) is 39.3. The van der Waals surface area contributed by atoms with Crippen LogP contribution in [0, 0.1) is 0 Å². The number of esters is 1. The topological polar surface area (TPSA) is 26.3 Å². The van der Waals surface area contributed by atoms with E-state index >= 15 is 0 Å². The molecule has 0 aliphatic rings. The highest BCUT2D eigenvalue weighted by Crippen LogP contribution is 2.69. The van der Waals surface area contributed by atoms with Crippen LogP contribution in [0.3, 0.4) is 0 Å². The number of hydrogen-bond donors (Lipinski definition) is 0. The standard InChI is InChI=1S/C16H3F29O2/c1-47-2(46)3(17,18)4(19,20)5(21,22)6(23,24)7(25,26)8(27,28)9(29,30)10(31,32)11(33,34)12(35,36)13(37,38)14(39,40)15(41,42)16(43,44)45/h1H3. The summed E-state index contributed by atoms with van der Waals surface area (Å²) in [4.78, 5) is 10.5. The van der Waals surface area contributed by atoms with Gasteiger partial charge in [0.1, 0.15) is 0 Å². The Bertz CT molecular complexity index is 1170. The van der Waals surface area contributed by atoms with Gasteiger partial charge in [-0.15, -0.1) is 0 Å². The molecule has 0 unspecified atom stereocenters. The average Bonchev–Trinajstić information content (AvgIpc) is 2.85. The second-order valence-electron chi connectivity index (χ2n) is 8.46. The minimum absolute atomic E-state index is 0.506. The summed E-state index contributed by atoms with van der Waals surface area (Å²) in [6.45, 7) is 0. The van der Waals surface area contributed by atoms with Crippen molar-refractivity contribution in [1.82, 2.24) is 0 Å². The van der Waals surface area contributed by atoms with Crippen LogP contribution in [0.25, 0.3) is 0 Å². The SMILES string of the molecule is COC(=O)C(F)(F)C(F)(F)C(F)(F)C(F)(F)C(F)(F)C(F)(F)C(F)(F)C(F)(F)C(F)(F)C(F)(F)C(F)(F)C(F)(F)C(F)(F)C(F)(F)F. The molecule has 0 aromatic rings. The van der Waals surface area contributed by atoms with E-state index < -0.39 is 96.2 Å². The smallest absolute Gasteiger partial charge is 0.460 e. The number of ether oxygens (including phenoxy) is 1. The molecule has 47 heavy (non-hydrogen) atoms. The summed E-state index contributed by atoms with van der Waals surface area (Å²) < 4.78 is 388. The quantitative estimate of drug-likeness (QED) is 0.138. The maximum atomic E-state index is 13.7. The van der Waals surface area contributed by atoms with E-state index in [9.17, 15) is 132 Å². The molecular formula is C16H3F29O2. The van der Waals surface area contributed by atoms with Crippen molar-refractivity contribution in [2.24, 2.45) is 0 Å². The second-order valence-corrected chi connectivity index (χ2v) is 8.46. The van der Waals surface area contributed by atoms with E-state index in [2.05, 4.69) is 4.74 Å². The van der Waals surface area contributed by atoms with Crippen LogP contribution in [0.4, 0.5) is 127 Å². The Morgan fingerprint density at radius 1 is 0.298 bits per heavy atom. The fourth-order valence-corrected chi connectivity index (χ4v) is 2.60. The lowest BCUT2D eigenvalue weighted by Crippen LogP contribution is -2.79. The molecule has 0 saturated heterocycles. The summed E-state index contributed by atoms with van der Waals surface area (Å²) in [7, 11) is -0.506. The molecule has 0 bridgehead atoms. The van der Waals surface area contributed by atoms with E-state index in [-0.39, 0.29) is 0 Å². The summed E-state index contributed by atoms with van der Waals surface area (Å²) in [6.07, 6.45) is -8.31. The van der Waals surface area contributed by atoms with E-state index in [4.69, 9.17) is 0 Å². The Morgan fingerprint density at radius 3 is 0.596 bits per heavy atom. The lowest BCUT2D eigenvalue weighted by atomic mass is 9.83. The van der Waals surface area contributed by atoms with Crippen LogP contribution in [-0.2, 0) is 9.53 Å². The molecule has 2 nitrogen and oxygen atoms in total. The number of alkyl halides is 29. The van der Waals surface area contributed by atoms with Gasteiger partial charge >= 0.3 is 89.1 Å². The van der Waals surface area contributed by atoms with E-state index in [1.807, 2.05) is 0 Å². The van der Waals surface area contributed by atoms with Crippen LogP contribution in [0.2, 0.25) is 0 Å². The van der Waals surface area contributed by atoms with Gasteiger partial charge in [-0.3, -0.25) is 0 Å². The first-order chi connectivity index (χ1) is 19.7. The molecule has 0 spiro atoms. The molecule has 0 atom stereocenters. The van der Waals surface area contributed by atoms with Crippen molar-refractivity contribution in [3.8, 4) is 0 Å². The number of rotatable bonds is 13. The van der Waals surface area contributed by atoms with Gasteiger partial charge in [-0.25, -0.2) is 4.79 Å². The van der Waals surface area contributed by atoms with Gasteiger partial charge in [0.25, 0.3) is 0 Å². The molecule has 0 radical (unpaired) electrons. The van der Waals surface area contributed by atoms with Gasteiger partial charge in [-0.05, 0) is 0 Å². The highest BCUT2D eigenvalue weighted by molar-refractivity contribution is 5.79. The van der Waals surface area contributed by atoms with Crippen LogP contribution in [0.5, 0.6) is 0 Å². The van der Waals surface area contributed by atoms with Crippen molar-refractivity contribution >= 4 is 5.97 Å². The zero-order valence-corrected chi connectivity index (χ0v) is 20.3. The first kappa shape index (κ1) is 44.4. The van der Waals surface area contributed by atoms with Gasteiger partial charge in [0.05, 0.1) is 7.11 Å². The first-order valence-electron chi connectivity index (χ1n) is 9.80. The van der Waals surface area contributed by atoms with Crippen molar-refractivity contribution in [2.45, 2.75) is 83.2 Å². The molecule has 0 saturated carbocycles. The number of carbonyl (C=O) groups excluding carboxylic acids is 1. The van der Waals surface area contributed by atoms with E-state index in [0.717, 1.165) is 0 Å². The minimum Gasteiger partial charge on any atom is -0.464 e. The molecule has 0 amide bonds. The van der Waals surface area contributed by atoms with Gasteiger partial charge in [-0.1, -0.05) is 0 Å². The third kappa shape index (κ3) is 4.98. The normalized spacial score (nSPS) is 16.8. The summed E-state index contributed by atoms with van der Waals surface area (Å²) in [5.41, 5.74) is 0. The van der Waals surface area contributed by atoms with Crippen molar-refractivity contribution in [3.63, 3.8) is 0 Å². The largest absolute Gasteiger partial charge is 0.464 e. The predicted molar refractivity (Wildman–Crippen MR) is 82.4 cm³/mol. The van der Waals surface area contributed by atoms with Gasteiger partial charge in [0, 0.05) is 0 Å². The summed E-state index contributed by atoms with van der Waals surface area (Å²) in [5, 5.41) is 0. The molecule has 0 rings (SSSR count). The van der Waals surface area contributed by atoms with E-state index in [0.29, 0.717) is 0 Å². The van der Waals surface area contributed by atoms with Crippen LogP contribution >= 0.6 is 0 Å². The van der Waals surface area contributed by atoms with Crippen LogP contribution < -0.4 is 0 Å². The van der Waals surface area contributed by atoms with Crippen molar-refractivity contribution in [2.75, 3.05) is 7.11 Å². The zero-order valence-electron chi connectivity index (χ0n) is 20.3. The van der Waals surface area contributed by atoms with Crippen molar-refractivity contribution < 1.29 is 137 Å². The Balaban J connectivity index is 7.59. The van der Waals surface area contributed by atoms with Gasteiger partial charge in [0.15, 0.2) is 0 Å². The Kier molecular flexibility index (Phi) is 10.1. The Labute approximate surface area is 234 Å². The molecule has 0 aromatic carbocycles. The molecule has 0 aliphatic heterocycles. The lowest BCUT2D eigenvalue weighted by molar-refractivity contribution is -0.486. The molecular weight excluding hydrogens is 775 g/mol. The van der Waals surface area contributed by atoms with Crippen LogP contribution in [0.15, 0.2) is 0 Å². The number of halogens is 29. The fourth-order valence-electron chi connectivity index (χ4n) is 2.60. The molecule has 0 fully saturated rings. The molecule has 0 aromatic heterocycles. The maximum absolute atomic E-state index is 13.7. The molecule has 0 aliphatic carbocycles. The van der Waals surface area contributed by atoms with E-state index in [1.54, 1.807) is 0 Å². The first-order valence-corrected chi connectivity index (χ1v) is 9.80. The Hall–Kier alpha value is -2.56. The van der Waals surface area contributed by atoms with Gasteiger partial charge in [0.2, 0.25) is 0 Å². The molecule has 282 valence electrons.